The number of benzene rings is 1. The molecule has 37 heavy (non-hydrogen) atoms. The van der Waals surface area contributed by atoms with Gasteiger partial charge in [-0.2, -0.15) is 0 Å². The molecule has 0 saturated carbocycles. The number of likely N-dealkylation sites (N-methyl/N-ethyl adjacent to an activating group) is 1. The fourth-order valence-electron chi connectivity index (χ4n) is 3.99. The van der Waals surface area contributed by atoms with Crippen LogP contribution in [0.5, 0.6) is 0 Å². The van der Waals surface area contributed by atoms with Crippen LogP contribution in [0, 0.1) is 5.92 Å². The largest absolute Gasteiger partial charge is 0.350 e. The van der Waals surface area contributed by atoms with Crippen LogP contribution in [0.4, 0.5) is 0 Å². The van der Waals surface area contributed by atoms with Crippen LogP contribution in [0.2, 0.25) is 10.0 Å². The lowest BCUT2D eigenvalue weighted by Gasteiger charge is -2.24. The fourth-order valence-corrected chi connectivity index (χ4v) is 7.50. The molecule has 206 valence electrons. The molecule has 1 aromatic carbocycles. The number of hydrogen-bond donors (Lipinski definition) is 3. The van der Waals surface area contributed by atoms with E-state index < -0.39 is 29.7 Å². The maximum absolute atomic E-state index is 13.3. The number of amides is 3. The standard InChI is InChI=1S/C26H37Cl2N3O4S2/c1-4-29-26(35)24(33)21(14-17-9-10-18(27)15-20(17)28)31-25(34)22(13-16(2)3)30-23(32)8-6-5-7-19-11-12-36-37-19/h9-10,15-16,19,21-22H,4-8,11-14H2,1-3H3,(H,29,35)(H,30,32)(H,31,34)/t19?,21-,22-/m0/s1. The molecule has 1 heterocycles. The monoisotopic (exact) mass is 589 g/mol. The first kappa shape index (κ1) is 31.8. The van der Waals surface area contributed by atoms with E-state index in [0.29, 0.717) is 33.7 Å². The maximum atomic E-state index is 13.3. The van der Waals surface area contributed by atoms with Crippen molar-refractivity contribution >= 4 is 68.3 Å². The summed E-state index contributed by atoms with van der Waals surface area (Å²) < 4.78 is 0. The maximum Gasteiger partial charge on any atom is 0.289 e. The number of ketones is 1. The van der Waals surface area contributed by atoms with Crippen molar-refractivity contribution in [3.05, 3.63) is 33.8 Å². The molecule has 1 saturated heterocycles. The third-order valence-electron chi connectivity index (χ3n) is 5.90. The van der Waals surface area contributed by atoms with Crippen molar-refractivity contribution in [2.45, 2.75) is 83.1 Å². The van der Waals surface area contributed by atoms with E-state index in [1.165, 1.54) is 12.2 Å². The predicted octanol–water partition coefficient (Wildman–Crippen LogP) is 4.97. The highest BCUT2D eigenvalue weighted by Crippen LogP contribution is 2.39. The Labute approximate surface area is 237 Å². The Kier molecular flexibility index (Phi) is 14.2. The minimum atomic E-state index is -1.15. The van der Waals surface area contributed by atoms with Crippen LogP contribution in [0.25, 0.3) is 0 Å². The molecule has 0 spiro atoms. The van der Waals surface area contributed by atoms with E-state index in [1.807, 2.05) is 35.4 Å². The number of Topliss-reactive ketones (excluding diaryl/α,β-unsaturated/α-hetero) is 1. The van der Waals surface area contributed by atoms with E-state index in [0.717, 1.165) is 19.3 Å². The number of hydrogen-bond acceptors (Lipinski definition) is 6. The summed E-state index contributed by atoms with van der Waals surface area (Å²) in [5.74, 6) is -0.956. The number of carbonyl (C=O) groups is 4. The zero-order chi connectivity index (χ0) is 27.4. The van der Waals surface area contributed by atoms with E-state index in [4.69, 9.17) is 23.2 Å². The molecular weight excluding hydrogens is 553 g/mol. The van der Waals surface area contributed by atoms with E-state index >= 15 is 0 Å². The first-order chi connectivity index (χ1) is 17.6. The molecule has 0 aromatic heterocycles. The summed E-state index contributed by atoms with van der Waals surface area (Å²) >= 11 is 12.3. The average molecular weight is 591 g/mol. The lowest BCUT2D eigenvalue weighted by Crippen LogP contribution is -2.54. The summed E-state index contributed by atoms with van der Waals surface area (Å²) in [7, 11) is 3.84. The highest BCUT2D eigenvalue weighted by molar-refractivity contribution is 8.77. The van der Waals surface area contributed by atoms with Gasteiger partial charge in [-0.15, -0.1) is 0 Å². The zero-order valence-corrected chi connectivity index (χ0v) is 24.8. The third kappa shape index (κ3) is 11.5. The van der Waals surface area contributed by atoms with Crippen LogP contribution in [0.1, 0.15) is 64.9 Å². The molecule has 1 aliphatic rings. The van der Waals surface area contributed by atoms with Gasteiger partial charge >= 0.3 is 0 Å². The molecule has 0 radical (unpaired) electrons. The van der Waals surface area contributed by atoms with Crippen molar-refractivity contribution in [2.75, 3.05) is 12.3 Å². The van der Waals surface area contributed by atoms with E-state index in [1.54, 1.807) is 25.1 Å². The van der Waals surface area contributed by atoms with Gasteiger partial charge in [-0.1, -0.05) is 71.1 Å². The van der Waals surface area contributed by atoms with Crippen molar-refractivity contribution in [3.8, 4) is 0 Å². The number of nitrogens with one attached hydrogen (secondary N) is 3. The highest BCUT2D eigenvalue weighted by atomic mass is 35.5. The van der Waals surface area contributed by atoms with Crippen molar-refractivity contribution < 1.29 is 19.2 Å². The Balaban J connectivity index is 2.05. The Bertz CT molecular complexity index is 942. The molecule has 1 aromatic rings. The van der Waals surface area contributed by atoms with Crippen LogP contribution in [0.3, 0.4) is 0 Å². The van der Waals surface area contributed by atoms with Crippen LogP contribution >= 0.6 is 44.8 Å². The number of unbranched alkanes of at least 4 members (excludes halogenated alkanes) is 1. The smallest absolute Gasteiger partial charge is 0.289 e. The molecule has 1 unspecified atom stereocenters. The first-order valence-electron chi connectivity index (χ1n) is 12.7. The minimum Gasteiger partial charge on any atom is -0.350 e. The molecule has 0 bridgehead atoms. The van der Waals surface area contributed by atoms with Crippen molar-refractivity contribution in [1.82, 2.24) is 16.0 Å². The second-order valence-corrected chi connectivity index (χ2v) is 13.2. The number of halogens is 2. The molecule has 7 nitrogen and oxygen atoms in total. The van der Waals surface area contributed by atoms with Crippen molar-refractivity contribution in [2.24, 2.45) is 5.92 Å². The van der Waals surface area contributed by atoms with Gasteiger partial charge in [0.1, 0.15) is 12.1 Å². The lowest BCUT2D eigenvalue weighted by atomic mass is 9.99. The molecular formula is C26H37Cl2N3O4S2. The Morgan fingerprint density at radius 1 is 1.08 bits per heavy atom. The van der Waals surface area contributed by atoms with Gasteiger partial charge in [-0.05, 0) is 56.2 Å². The zero-order valence-electron chi connectivity index (χ0n) is 21.6. The number of carbonyl (C=O) groups excluding carboxylic acids is 4. The SMILES string of the molecule is CCNC(=O)C(=O)[C@H](Cc1ccc(Cl)cc1Cl)NC(=O)[C@H](CC(C)C)NC(=O)CCCCC1CCSS1. The Morgan fingerprint density at radius 2 is 1.84 bits per heavy atom. The molecule has 1 fully saturated rings. The first-order valence-corrected chi connectivity index (χ1v) is 15.9. The van der Waals surface area contributed by atoms with Gasteiger partial charge in [-0.3, -0.25) is 19.2 Å². The predicted molar refractivity (Wildman–Crippen MR) is 154 cm³/mol. The van der Waals surface area contributed by atoms with E-state index in [2.05, 4.69) is 16.0 Å². The Hall–Kier alpha value is -1.42. The normalized spacial score (nSPS) is 16.8. The summed E-state index contributed by atoms with van der Waals surface area (Å²) in [6.07, 6.45) is 4.80. The third-order valence-corrected chi connectivity index (χ3v) is 9.49. The topological polar surface area (TPSA) is 104 Å². The minimum absolute atomic E-state index is 0.0114. The van der Waals surface area contributed by atoms with E-state index in [9.17, 15) is 19.2 Å². The molecule has 3 amide bonds. The average Bonchev–Trinajstić information content (AvgIpc) is 3.35. The molecule has 3 N–H and O–H groups in total. The molecule has 3 atom stereocenters. The van der Waals surface area contributed by atoms with Gasteiger partial charge in [0.05, 0.1) is 0 Å². The Morgan fingerprint density at radius 3 is 2.46 bits per heavy atom. The summed E-state index contributed by atoms with van der Waals surface area (Å²) in [6, 6.07) is 2.86. The number of rotatable bonds is 15. The molecule has 1 aliphatic heterocycles. The summed E-state index contributed by atoms with van der Waals surface area (Å²) in [6.45, 7) is 5.88. The highest BCUT2D eigenvalue weighted by Gasteiger charge is 2.31. The van der Waals surface area contributed by atoms with Crippen LogP contribution in [-0.4, -0.2) is 53.1 Å². The fraction of sp³-hybridized carbons (Fsp3) is 0.615. The van der Waals surface area contributed by atoms with E-state index in [-0.39, 0.29) is 24.8 Å². The second kappa shape index (κ2) is 16.5. The van der Waals surface area contributed by atoms with Crippen molar-refractivity contribution in [3.63, 3.8) is 0 Å². The van der Waals surface area contributed by atoms with Gasteiger partial charge in [-0.25, -0.2) is 0 Å². The van der Waals surface area contributed by atoms with Gasteiger partial charge in [0.15, 0.2) is 0 Å². The molecule has 0 aliphatic carbocycles. The van der Waals surface area contributed by atoms with Crippen molar-refractivity contribution in [1.29, 1.82) is 0 Å². The molecule has 11 heteroatoms. The second-order valence-electron chi connectivity index (χ2n) is 9.55. The quantitative estimate of drug-likeness (QED) is 0.151. The lowest BCUT2D eigenvalue weighted by molar-refractivity contribution is -0.140. The summed E-state index contributed by atoms with van der Waals surface area (Å²) in [5.41, 5.74) is 0.567. The van der Waals surface area contributed by atoms with Gasteiger partial charge in [0, 0.05) is 40.4 Å². The summed E-state index contributed by atoms with van der Waals surface area (Å²) in [5, 5.41) is 9.46. The summed E-state index contributed by atoms with van der Waals surface area (Å²) in [4.78, 5) is 51.2. The van der Waals surface area contributed by atoms with Gasteiger partial charge < -0.3 is 16.0 Å². The molecule has 2 rings (SSSR count). The van der Waals surface area contributed by atoms with Gasteiger partial charge in [0.25, 0.3) is 5.91 Å². The van der Waals surface area contributed by atoms with Crippen LogP contribution < -0.4 is 16.0 Å². The van der Waals surface area contributed by atoms with Crippen LogP contribution in [0.15, 0.2) is 18.2 Å². The van der Waals surface area contributed by atoms with Crippen LogP contribution in [-0.2, 0) is 25.6 Å². The van der Waals surface area contributed by atoms with Gasteiger partial charge in [0.2, 0.25) is 17.6 Å².